The van der Waals surface area contributed by atoms with Gasteiger partial charge >= 0.3 is 0 Å². The summed E-state index contributed by atoms with van der Waals surface area (Å²) in [5.41, 5.74) is 0.0102. The minimum Gasteiger partial charge on any atom is -0.384 e. The lowest BCUT2D eigenvalue weighted by molar-refractivity contribution is 0.350. The maximum atomic E-state index is 13.7. The third-order valence-electron chi connectivity index (χ3n) is 2.28. The van der Waals surface area contributed by atoms with Gasteiger partial charge in [0.15, 0.2) is 0 Å². The number of nitrogens with zero attached hydrogens (tertiary/aromatic N) is 1. The number of H-pyrrole nitrogens is 1. The lowest BCUT2D eigenvalue weighted by atomic mass is 10.2. The van der Waals surface area contributed by atoms with E-state index in [0.29, 0.717) is 0 Å². The number of hydrogen-bond acceptors (Lipinski definition) is 4. The van der Waals surface area contributed by atoms with Gasteiger partial charge in [-0.25, -0.2) is 22.5 Å². The Morgan fingerprint density at radius 3 is 2.85 bits per heavy atom. The van der Waals surface area contributed by atoms with Crippen LogP contribution in [0.2, 0.25) is 0 Å². The van der Waals surface area contributed by atoms with E-state index in [1.807, 2.05) is 0 Å². The summed E-state index contributed by atoms with van der Waals surface area (Å²) in [6, 6.07) is 3.30. The zero-order valence-electron chi connectivity index (χ0n) is 10.1. The van der Waals surface area contributed by atoms with Crippen molar-refractivity contribution in [3.8, 4) is 11.8 Å². The number of halogens is 1. The molecule has 0 bridgehead atoms. The molecule has 20 heavy (non-hydrogen) atoms. The first-order chi connectivity index (χ1) is 9.53. The van der Waals surface area contributed by atoms with Crippen LogP contribution in [-0.2, 0) is 10.0 Å². The first-order valence-corrected chi connectivity index (χ1v) is 6.93. The van der Waals surface area contributed by atoms with Gasteiger partial charge in [-0.3, -0.25) is 0 Å². The Morgan fingerprint density at radius 1 is 1.45 bits per heavy atom. The molecule has 0 aliphatic carbocycles. The van der Waals surface area contributed by atoms with Gasteiger partial charge in [0.1, 0.15) is 12.4 Å². The molecular weight excluding hydrogens is 285 g/mol. The van der Waals surface area contributed by atoms with Gasteiger partial charge in [-0.2, -0.15) is 0 Å². The molecule has 2 aromatic rings. The molecule has 1 aromatic heterocycles. The number of aromatic amines is 1. The maximum Gasteiger partial charge on any atom is 0.264 e. The third kappa shape index (κ3) is 3.14. The Morgan fingerprint density at radius 2 is 2.25 bits per heavy atom. The number of imidazole rings is 1. The molecule has 0 aliphatic heterocycles. The smallest absolute Gasteiger partial charge is 0.264 e. The Balaban J connectivity index is 2.31. The van der Waals surface area contributed by atoms with Crippen molar-refractivity contribution < 1.29 is 17.9 Å². The molecule has 0 unspecified atom stereocenters. The van der Waals surface area contributed by atoms with Crippen LogP contribution in [0.4, 0.5) is 10.3 Å². The van der Waals surface area contributed by atoms with Crippen molar-refractivity contribution in [2.24, 2.45) is 0 Å². The van der Waals surface area contributed by atoms with E-state index < -0.39 is 22.4 Å². The number of nitrogens with one attached hydrogen (secondary N) is 2. The number of hydrogen-bond donors (Lipinski definition) is 3. The van der Waals surface area contributed by atoms with Gasteiger partial charge < -0.3 is 10.1 Å². The molecule has 0 aliphatic rings. The first-order valence-electron chi connectivity index (χ1n) is 5.44. The summed E-state index contributed by atoms with van der Waals surface area (Å²) in [6.45, 7) is -0.403. The molecule has 1 heterocycles. The molecule has 0 radical (unpaired) electrons. The summed E-state index contributed by atoms with van der Waals surface area (Å²) in [5, 5.41) is 8.53. The van der Waals surface area contributed by atoms with Gasteiger partial charge in [-0.05, 0) is 18.2 Å². The molecule has 0 spiro atoms. The van der Waals surface area contributed by atoms with Crippen LogP contribution in [0, 0.1) is 17.7 Å². The minimum absolute atomic E-state index is 0.0102. The number of aromatic nitrogens is 2. The molecule has 2 rings (SSSR count). The summed E-state index contributed by atoms with van der Waals surface area (Å²) in [6.07, 6.45) is 2.83. The topological polar surface area (TPSA) is 95.1 Å². The highest BCUT2D eigenvalue weighted by atomic mass is 32.2. The Labute approximate surface area is 114 Å². The lowest BCUT2D eigenvalue weighted by Gasteiger charge is -2.06. The average molecular weight is 295 g/mol. The monoisotopic (exact) mass is 295 g/mol. The Bertz CT molecular complexity index is 761. The summed E-state index contributed by atoms with van der Waals surface area (Å²) >= 11 is 0. The summed E-state index contributed by atoms with van der Waals surface area (Å²) in [4.78, 5) is 6.04. The second kappa shape index (κ2) is 5.73. The van der Waals surface area contributed by atoms with Gasteiger partial charge in [0.25, 0.3) is 10.0 Å². The van der Waals surface area contributed by atoms with Crippen LogP contribution in [0.5, 0.6) is 0 Å². The van der Waals surface area contributed by atoms with Gasteiger partial charge in [-0.1, -0.05) is 11.8 Å². The van der Waals surface area contributed by atoms with Crippen molar-refractivity contribution in [3.05, 3.63) is 42.0 Å². The zero-order valence-corrected chi connectivity index (χ0v) is 10.9. The van der Waals surface area contributed by atoms with Crippen LogP contribution in [0.3, 0.4) is 0 Å². The SMILES string of the molecule is O=S(=O)(Nc1ncc[nH]1)c1ccc(C#CCO)c(F)c1. The van der Waals surface area contributed by atoms with E-state index in [4.69, 9.17) is 5.11 Å². The van der Waals surface area contributed by atoms with Crippen LogP contribution >= 0.6 is 0 Å². The van der Waals surface area contributed by atoms with Crippen molar-refractivity contribution in [1.29, 1.82) is 0 Å². The fraction of sp³-hybridized carbons (Fsp3) is 0.0833. The molecule has 8 heteroatoms. The Kier molecular flexibility index (Phi) is 4.02. The Hall–Kier alpha value is -2.37. The highest BCUT2D eigenvalue weighted by Gasteiger charge is 2.17. The van der Waals surface area contributed by atoms with E-state index in [0.717, 1.165) is 6.07 Å². The minimum atomic E-state index is -3.92. The number of aliphatic hydroxyl groups is 1. The average Bonchev–Trinajstić information content (AvgIpc) is 2.89. The van der Waals surface area contributed by atoms with Crippen molar-refractivity contribution in [2.75, 3.05) is 11.3 Å². The van der Waals surface area contributed by atoms with Crippen molar-refractivity contribution >= 4 is 16.0 Å². The van der Waals surface area contributed by atoms with Crippen molar-refractivity contribution in [3.63, 3.8) is 0 Å². The quantitative estimate of drug-likeness (QED) is 0.726. The van der Waals surface area contributed by atoms with E-state index in [-0.39, 0.29) is 16.4 Å². The van der Waals surface area contributed by atoms with E-state index >= 15 is 0 Å². The summed E-state index contributed by atoms with van der Waals surface area (Å²) < 4.78 is 39.8. The molecule has 0 saturated carbocycles. The number of benzene rings is 1. The highest BCUT2D eigenvalue weighted by molar-refractivity contribution is 7.92. The van der Waals surface area contributed by atoms with E-state index in [1.165, 1.54) is 24.5 Å². The van der Waals surface area contributed by atoms with Crippen LogP contribution in [0.25, 0.3) is 0 Å². The largest absolute Gasteiger partial charge is 0.384 e. The van der Waals surface area contributed by atoms with Gasteiger partial charge in [0.05, 0.1) is 10.5 Å². The molecule has 1 aromatic carbocycles. The van der Waals surface area contributed by atoms with Crippen LogP contribution in [0.1, 0.15) is 5.56 Å². The third-order valence-corrected chi connectivity index (χ3v) is 3.62. The van der Waals surface area contributed by atoms with Crippen LogP contribution in [-0.4, -0.2) is 30.1 Å². The van der Waals surface area contributed by atoms with Crippen molar-refractivity contribution in [1.82, 2.24) is 9.97 Å². The molecule has 3 N–H and O–H groups in total. The number of anilines is 1. The zero-order chi connectivity index (χ0) is 14.6. The van der Waals surface area contributed by atoms with E-state index in [9.17, 15) is 12.8 Å². The molecule has 6 nitrogen and oxygen atoms in total. The molecule has 0 saturated heterocycles. The molecule has 0 amide bonds. The predicted octanol–water partition coefficient (Wildman–Crippen LogP) is 0.693. The van der Waals surface area contributed by atoms with E-state index in [2.05, 4.69) is 26.5 Å². The fourth-order valence-electron chi connectivity index (χ4n) is 1.41. The number of sulfonamides is 1. The molecule has 0 atom stereocenters. The fourth-order valence-corrected chi connectivity index (χ4v) is 2.40. The number of aliphatic hydroxyl groups excluding tert-OH is 1. The molecule has 0 fully saturated rings. The second-order valence-electron chi connectivity index (χ2n) is 3.64. The van der Waals surface area contributed by atoms with E-state index in [1.54, 1.807) is 0 Å². The first kappa shape index (κ1) is 14.0. The van der Waals surface area contributed by atoms with Gasteiger partial charge in [0.2, 0.25) is 5.95 Å². The standard InChI is InChI=1S/C12H10FN3O3S/c13-11-8-10(4-3-9(11)2-1-7-17)20(18,19)16-12-14-5-6-15-12/h3-6,8,17H,7H2,(H2,14,15,16). The van der Waals surface area contributed by atoms with Gasteiger partial charge in [0, 0.05) is 12.4 Å². The number of rotatable bonds is 3. The van der Waals surface area contributed by atoms with Crippen LogP contribution in [0.15, 0.2) is 35.5 Å². The second-order valence-corrected chi connectivity index (χ2v) is 5.33. The van der Waals surface area contributed by atoms with Crippen molar-refractivity contribution in [2.45, 2.75) is 4.90 Å². The summed E-state index contributed by atoms with van der Waals surface area (Å²) in [7, 11) is -3.92. The normalized spacial score (nSPS) is 10.7. The lowest BCUT2D eigenvalue weighted by Crippen LogP contribution is -2.14. The highest BCUT2D eigenvalue weighted by Crippen LogP contribution is 2.16. The maximum absolute atomic E-state index is 13.7. The predicted molar refractivity (Wildman–Crippen MR) is 69.8 cm³/mol. The van der Waals surface area contributed by atoms with Crippen LogP contribution < -0.4 is 4.72 Å². The molecule has 104 valence electrons. The summed E-state index contributed by atoms with van der Waals surface area (Å²) in [5.74, 6) is 3.92. The van der Waals surface area contributed by atoms with Gasteiger partial charge in [-0.15, -0.1) is 0 Å². The molecular formula is C12H10FN3O3S.